The molecular formula is C15H24O3S. The fraction of sp³-hybridized carbons (Fsp3) is 0.667. The van der Waals surface area contributed by atoms with Gasteiger partial charge in [0.15, 0.2) is 0 Å². The number of carboxylic acids is 1. The van der Waals surface area contributed by atoms with Gasteiger partial charge in [0, 0.05) is 11.4 Å². The molecule has 1 rings (SSSR count). The molecule has 0 radical (unpaired) electrons. The van der Waals surface area contributed by atoms with Crippen LogP contribution in [0.15, 0.2) is 11.4 Å². The van der Waals surface area contributed by atoms with Crippen molar-refractivity contribution in [3.8, 4) is 5.75 Å². The molecule has 1 heterocycles. The predicted octanol–water partition coefficient (Wildman–Crippen LogP) is 4.97. The van der Waals surface area contributed by atoms with Gasteiger partial charge in [-0.2, -0.15) is 0 Å². The zero-order chi connectivity index (χ0) is 13.9. The van der Waals surface area contributed by atoms with Crippen molar-refractivity contribution in [3.05, 3.63) is 16.3 Å². The molecule has 0 saturated heterocycles. The monoisotopic (exact) mass is 284 g/mol. The van der Waals surface area contributed by atoms with Crippen LogP contribution in [0, 0.1) is 0 Å². The zero-order valence-electron chi connectivity index (χ0n) is 11.7. The molecule has 0 aliphatic heterocycles. The lowest BCUT2D eigenvalue weighted by Crippen LogP contribution is -1.96. The van der Waals surface area contributed by atoms with Crippen LogP contribution >= 0.6 is 11.3 Å². The number of carbonyl (C=O) groups is 1. The fourth-order valence-electron chi connectivity index (χ4n) is 1.93. The van der Waals surface area contributed by atoms with Crippen LogP contribution in [0.5, 0.6) is 5.75 Å². The summed E-state index contributed by atoms with van der Waals surface area (Å²) in [7, 11) is 0. The molecule has 1 aromatic heterocycles. The predicted molar refractivity (Wildman–Crippen MR) is 79.4 cm³/mol. The topological polar surface area (TPSA) is 46.5 Å². The van der Waals surface area contributed by atoms with E-state index < -0.39 is 5.97 Å². The standard InChI is InChI=1S/C15H24O3S/c1-2-3-4-5-6-7-8-9-10-18-13-11-14(15(16)17)19-12-13/h11-12H,2-10H2,1H3,(H,16,17). The van der Waals surface area contributed by atoms with E-state index >= 15 is 0 Å². The second-order valence-electron chi connectivity index (χ2n) is 4.78. The molecule has 0 aromatic carbocycles. The summed E-state index contributed by atoms with van der Waals surface area (Å²) in [6.07, 6.45) is 10.2. The van der Waals surface area contributed by atoms with E-state index in [-0.39, 0.29) is 0 Å². The number of carboxylic acid groups (broad SMARTS) is 1. The number of unbranched alkanes of at least 4 members (excludes halogenated alkanes) is 7. The summed E-state index contributed by atoms with van der Waals surface area (Å²) in [6, 6.07) is 1.59. The minimum absolute atomic E-state index is 0.339. The molecule has 4 heteroatoms. The van der Waals surface area contributed by atoms with Crippen LogP contribution in [0.3, 0.4) is 0 Å². The first-order valence-electron chi connectivity index (χ1n) is 7.18. The van der Waals surface area contributed by atoms with Crippen LogP contribution in [0.25, 0.3) is 0 Å². The van der Waals surface area contributed by atoms with E-state index in [1.54, 1.807) is 11.4 Å². The van der Waals surface area contributed by atoms with Crippen molar-refractivity contribution in [1.29, 1.82) is 0 Å². The molecule has 1 N–H and O–H groups in total. The Balaban J connectivity index is 1.97. The van der Waals surface area contributed by atoms with E-state index in [9.17, 15) is 4.79 Å². The third-order valence-corrected chi connectivity index (χ3v) is 3.95. The van der Waals surface area contributed by atoms with Gasteiger partial charge in [-0.1, -0.05) is 51.9 Å². The first-order valence-corrected chi connectivity index (χ1v) is 8.06. The van der Waals surface area contributed by atoms with E-state index in [0.29, 0.717) is 17.2 Å². The van der Waals surface area contributed by atoms with Gasteiger partial charge in [0.25, 0.3) is 0 Å². The van der Waals surface area contributed by atoms with Crippen molar-refractivity contribution in [2.45, 2.75) is 58.3 Å². The van der Waals surface area contributed by atoms with Crippen LogP contribution in [-0.2, 0) is 0 Å². The van der Waals surface area contributed by atoms with E-state index in [4.69, 9.17) is 9.84 Å². The van der Waals surface area contributed by atoms with E-state index in [1.807, 2.05) is 0 Å². The van der Waals surface area contributed by atoms with E-state index in [1.165, 1.54) is 56.3 Å². The second-order valence-corrected chi connectivity index (χ2v) is 5.69. The van der Waals surface area contributed by atoms with Crippen molar-refractivity contribution < 1.29 is 14.6 Å². The lowest BCUT2D eigenvalue weighted by molar-refractivity contribution is 0.0702. The minimum Gasteiger partial charge on any atom is -0.493 e. The van der Waals surface area contributed by atoms with Crippen LogP contribution < -0.4 is 4.74 Å². The van der Waals surface area contributed by atoms with Gasteiger partial charge >= 0.3 is 5.97 Å². The molecule has 0 atom stereocenters. The van der Waals surface area contributed by atoms with E-state index in [2.05, 4.69) is 6.92 Å². The van der Waals surface area contributed by atoms with Crippen LogP contribution in [0.2, 0.25) is 0 Å². The summed E-state index contributed by atoms with van der Waals surface area (Å²) in [5.41, 5.74) is 0. The highest BCUT2D eigenvalue weighted by molar-refractivity contribution is 7.12. The van der Waals surface area contributed by atoms with Crippen molar-refractivity contribution >= 4 is 17.3 Å². The highest BCUT2D eigenvalue weighted by Gasteiger charge is 2.06. The quantitative estimate of drug-likeness (QED) is 0.584. The lowest BCUT2D eigenvalue weighted by atomic mass is 10.1. The maximum absolute atomic E-state index is 10.7. The van der Waals surface area contributed by atoms with Crippen LogP contribution in [-0.4, -0.2) is 17.7 Å². The van der Waals surface area contributed by atoms with Gasteiger partial charge in [-0.3, -0.25) is 0 Å². The summed E-state index contributed by atoms with van der Waals surface area (Å²) in [5, 5.41) is 10.5. The highest BCUT2D eigenvalue weighted by Crippen LogP contribution is 2.21. The van der Waals surface area contributed by atoms with Crippen LogP contribution in [0.1, 0.15) is 68.0 Å². The zero-order valence-corrected chi connectivity index (χ0v) is 12.5. The van der Waals surface area contributed by atoms with Gasteiger partial charge in [0.1, 0.15) is 10.6 Å². The second kappa shape index (κ2) is 9.84. The minimum atomic E-state index is -0.882. The van der Waals surface area contributed by atoms with Gasteiger partial charge in [-0.15, -0.1) is 11.3 Å². The number of ether oxygens (including phenoxy) is 1. The SMILES string of the molecule is CCCCCCCCCCOc1csc(C(=O)O)c1. The Morgan fingerprint density at radius 1 is 1.16 bits per heavy atom. The Morgan fingerprint density at radius 3 is 2.37 bits per heavy atom. The molecule has 1 aromatic rings. The molecule has 0 bridgehead atoms. The Labute approximate surface area is 119 Å². The molecule has 0 aliphatic rings. The van der Waals surface area contributed by atoms with Gasteiger partial charge in [0.2, 0.25) is 0 Å². The molecule has 0 spiro atoms. The van der Waals surface area contributed by atoms with E-state index in [0.717, 1.165) is 6.42 Å². The lowest BCUT2D eigenvalue weighted by Gasteiger charge is -2.03. The van der Waals surface area contributed by atoms with Crippen molar-refractivity contribution in [3.63, 3.8) is 0 Å². The maximum Gasteiger partial charge on any atom is 0.346 e. The highest BCUT2D eigenvalue weighted by atomic mass is 32.1. The molecule has 0 amide bonds. The molecule has 0 saturated carbocycles. The average Bonchev–Trinajstić information content (AvgIpc) is 2.86. The molecule has 19 heavy (non-hydrogen) atoms. The summed E-state index contributed by atoms with van der Waals surface area (Å²) in [4.78, 5) is 11.0. The molecule has 0 fully saturated rings. The van der Waals surface area contributed by atoms with Crippen molar-refractivity contribution in [2.75, 3.05) is 6.61 Å². The summed E-state index contributed by atoms with van der Waals surface area (Å²) in [5.74, 6) is -0.197. The molecule has 0 aliphatic carbocycles. The Bertz CT molecular complexity index is 360. The van der Waals surface area contributed by atoms with Gasteiger partial charge in [0.05, 0.1) is 6.61 Å². The third-order valence-electron chi connectivity index (χ3n) is 3.05. The normalized spacial score (nSPS) is 10.6. The number of aromatic carboxylic acids is 1. The Kier molecular flexibility index (Phi) is 8.30. The Morgan fingerprint density at radius 2 is 1.79 bits per heavy atom. The van der Waals surface area contributed by atoms with Gasteiger partial charge in [-0.05, 0) is 6.42 Å². The summed E-state index contributed by atoms with van der Waals surface area (Å²) < 4.78 is 5.53. The number of thiophene rings is 1. The first-order chi connectivity index (χ1) is 9.24. The van der Waals surface area contributed by atoms with Crippen LogP contribution in [0.4, 0.5) is 0 Å². The van der Waals surface area contributed by atoms with Crippen molar-refractivity contribution in [1.82, 2.24) is 0 Å². The Hall–Kier alpha value is -1.03. The molecule has 3 nitrogen and oxygen atoms in total. The van der Waals surface area contributed by atoms with Gasteiger partial charge < -0.3 is 9.84 Å². The fourth-order valence-corrected chi connectivity index (χ4v) is 2.60. The first kappa shape index (κ1) is 16.0. The number of rotatable bonds is 11. The summed E-state index contributed by atoms with van der Waals surface area (Å²) in [6.45, 7) is 2.92. The van der Waals surface area contributed by atoms with Gasteiger partial charge in [-0.25, -0.2) is 4.79 Å². The molecule has 108 valence electrons. The summed E-state index contributed by atoms with van der Waals surface area (Å²) >= 11 is 1.21. The number of hydrogen-bond donors (Lipinski definition) is 1. The third kappa shape index (κ3) is 7.21. The smallest absolute Gasteiger partial charge is 0.346 e. The molecular weight excluding hydrogens is 260 g/mol. The molecule has 0 unspecified atom stereocenters. The largest absolute Gasteiger partial charge is 0.493 e. The average molecular weight is 284 g/mol. The van der Waals surface area contributed by atoms with Crippen molar-refractivity contribution in [2.24, 2.45) is 0 Å². The maximum atomic E-state index is 10.7. The number of hydrogen-bond acceptors (Lipinski definition) is 3.